The maximum absolute atomic E-state index is 13.2. The number of ether oxygens (including phenoxy) is 1. The fourth-order valence-corrected chi connectivity index (χ4v) is 2.64. The van der Waals surface area contributed by atoms with Crippen LogP contribution in [-0.4, -0.2) is 13.3 Å². The first-order valence-electron chi connectivity index (χ1n) is 5.31. The van der Waals surface area contributed by atoms with Crippen LogP contribution in [0.25, 0.3) is 0 Å². The molecule has 0 aliphatic heterocycles. The van der Waals surface area contributed by atoms with Gasteiger partial charge in [-0.25, -0.2) is 0 Å². The number of halogens is 4. The molecule has 0 amide bonds. The van der Waals surface area contributed by atoms with Crippen LogP contribution in [0.4, 0.5) is 13.2 Å². The van der Waals surface area contributed by atoms with E-state index in [0.29, 0.717) is 23.4 Å². The number of aryl methyl sites for hydroxylation is 1. The largest absolute Gasteiger partial charge is 0.421 e. The summed E-state index contributed by atoms with van der Waals surface area (Å²) in [7, 11) is 1.11. The molecule has 1 nitrogen and oxygen atoms in total. The van der Waals surface area contributed by atoms with E-state index in [1.165, 1.54) is 12.1 Å². The van der Waals surface area contributed by atoms with Gasteiger partial charge in [0, 0.05) is 12.1 Å². The van der Waals surface area contributed by atoms with E-state index in [4.69, 9.17) is 16.3 Å². The van der Waals surface area contributed by atoms with Crippen LogP contribution in [0.1, 0.15) is 24.0 Å². The highest BCUT2D eigenvalue weighted by Gasteiger charge is 2.58. The van der Waals surface area contributed by atoms with Gasteiger partial charge in [-0.1, -0.05) is 17.7 Å². The van der Waals surface area contributed by atoms with E-state index >= 15 is 0 Å². The van der Waals surface area contributed by atoms with Crippen LogP contribution in [0.2, 0.25) is 5.02 Å². The van der Waals surface area contributed by atoms with Gasteiger partial charge in [-0.05, 0) is 42.5 Å². The first kappa shape index (κ1) is 12.7. The number of benzene rings is 1. The van der Waals surface area contributed by atoms with Crippen molar-refractivity contribution in [2.75, 3.05) is 7.11 Å². The van der Waals surface area contributed by atoms with Crippen molar-refractivity contribution in [1.82, 2.24) is 0 Å². The van der Waals surface area contributed by atoms with E-state index in [9.17, 15) is 13.2 Å². The Bertz CT molecular complexity index is 430. The van der Waals surface area contributed by atoms with Crippen molar-refractivity contribution in [2.45, 2.75) is 31.0 Å². The second kappa shape index (κ2) is 4.18. The van der Waals surface area contributed by atoms with Crippen molar-refractivity contribution >= 4 is 11.6 Å². The molecule has 5 heteroatoms. The normalized spacial score (nSPS) is 24.5. The van der Waals surface area contributed by atoms with Gasteiger partial charge >= 0.3 is 6.18 Å². The van der Waals surface area contributed by atoms with Crippen molar-refractivity contribution in [2.24, 2.45) is 0 Å². The lowest BCUT2D eigenvalue weighted by Crippen LogP contribution is -2.46. The van der Waals surface area contributed by atoms with E-state index in [0.717, 1.165) is 7.11 Å². The highest BCUT2D eigenvalue weighted by atomic mass is 35.5. The number of rotatable bonds is 1. The van der Waals surface area contributed by atoms with Gasteiger partial charge in [-0.15, -0.1) is 0 Å². The molecule has 0 radical (unpaired) electrons. The molecule has 1 aliphatic rings. The highest BCUT2D eigenvalue weighted by molar-refractivity contribution is 6.30. The maximum Gasteiger partial charge on any atom is 0.421 e. The summed E-state index contributed by atoms with van der Waals surface area (Å²) in [5, 5.41) is 0.456. The smallest absolute Gasteiger partial charge is 0.364 e. The molecule has 0 spiro atoms. The van der Waals surface area contributed by atoms with E-state index in [1.54, 1.807) is 6.07 Å². The van der Waals surface area contributed by atoms with E-state index < -0.39 is 11.8 Å². The molecule has 94 valence electrons. The highest BCUT2D eigenvalue weighted by Crippen LogP contribution is 2.49. The third kappa shape index (κ3) is 1.93. The van der Waals surface area contributed by atoms with Gasteiger partial charge in [-0.3, -0.25) is 0 Å². The third-order valence-corrected chi connectivity index (χ3v) is 3.52. The average molecular weight is 265 g/mol. The lowest BCUT2D eigenvalue weighted by Gasteiger charge is -2.39. The minimum Gasteiger partial charge on any atom is -0.364 e. The van der Waals surface area contributed by atoms with Crippen LogP contribution in [-0.2, 0) is 16.8 Å². The number of hydrogen-bond acceptors (Lipinski definition) is 1. The van der Waals surface area contributed by atoms with Gasteiger partial charge in [0.25, 0.3) is 0 Å². The summed E-state index contributed by atoms with van der Waals surface area (Å²) in [4.78, 5) is 0. The fourth-order valence-electron chi connectivity index (χ4n) is 2.45. The zero-order valence-electron chi connectivity index (χ0n) is 9.27. The number of fused-ring (bicyclic) bond motifs is 1. The predicted octanol–water partition coefficient (Wildman–Crippen LogP) is 4.08. The van der Waals surface area contributed by atoms with Crippen LogP contribution in [0.15, 0.2) is 18.2 Å². The summed E-state index contributed by atoms with van der Waals surface area (Å²) in [6, 6.07) is 4.49. The molecule has 17 heavy (non-hydrogen) atoms. The zero-order valence-corrected chi connectivity index (χ0v) is 10.0. The fraction of sp³-hybridized carbons (Fsp3) is 0.500. The van der Waals surface area contributed by atoms with Crippen molar-refractivity contribution < 1.29 is 17.9 Å². The number of methoxy groups -OCH3 is 1. The van der Waals surface area contributed by atoms with Gasteiger partial charge in [0.2, 0.25) is 0 Å². The molecule has 1 unspecified atom stereocenters. The zero-order chi connectivity index (χ0) is 12.7. The second-order valence-corrected chi connectivity index (χ2v) is 4.62. The predicted molar refractivity (Wildman–Crippen MR) is 59.1 cm³/mol. The molecular formula is C12H12ClF3O. The van der Waals surface area contributed by atoms with Crippen LogP contribution >= 0.6 is 11.6 Å². The Kier molecular flexibility index (Phi) is 3.12. The minimum atomic E-state index is -4.41. The monoisotopic (exact) mass is 264 g/mol. The first-order valence-corrected chi connectivity index (χ1v) is 5.69. The summed E-state index contributed by atoms with van der Waals surface area (Å²) in [5.41, 5.74) is -1.35. The summed E-state index contributed by atoms with van der Waals surface area (Å²) in [6.45, 7) is 0. The van der Waals surface area contributed by atoms with Gasteiger partial charge in [0.15, 0.2) is 5.60 Å². The van der Waals surface area contributed by atoms with E-state index in [-0.39, 0.29) is 12.0 Å². The number of hydrogen-bond donors (Lipinski definition) is 0. The van der Waals surface area contributed by atoms with Crippen molar-refractivity contribution in [1.29, 1.82) is 0 Å². The Morgan fingerprint density at radius 2 is 2.06 bits per heavy atom. The van der Waals surface area contributed by atoms with Crippen LogP contribution in [0.3, 0.4) is 0 Å². The van der Waals surface area contributed by atoms with Crippen LogP contribution in [0.5, 0.6) is 0 Å². The molecule has 0 heterocycles. The first-order chi connectivity index (χ1) is 7.90. The Labute approximate surface area is 103 Å². The molecule has 0 fully saturated rings. The minimum absolute atomic E-state index is 0.0400. The SMILES string of the molecule is COC1(C(F)(F)F)CCCc2cc(Cl)ccc21. The van der Waals surface area contributed by atoms with Gasteiger partial charge in [0.05, 0.1) is 0 Å². The lowest BCUT2D eigenvalue weighted by atomic mass is 9.78. The Morgan fingerprint density at radius 3 is 2.65 bits per heavy atom. The summed E-state index contributed by atoms with van der Waals surface area (Å²) in [6.07, 6.45) is -3.40. The molecule has 0 saturated carbocycles. The molecule has 2 rings (SSSR count). The summed E-state index contributed by atoms with van der Waals surface area (Å²) >= 11 is 5.81. The molecule has 0 bridgehead atoms. The van der Waals surface area contributed by atoms with Gasteiger partial charge in [-0.2, -0.15) is 13.2 Å². The van der Waals surface area contributed by atoms with Crippen molar-refractivity contribution in [3.05, 3.63) is 34.3 Å². The second-order valence-electron chi connectivity index (χ2n) is 4.18. The summed E-state index contributed by atoms with van der Waals surface area (Å²) in [5.74, 6) is 0. The Balaban J connectivity index is 2.60. The van der Waals surface area contributed by atoms with Gasteiger partial charge in [0.1, 0.15) is 0 Å². The molecule has 0 aromatic heterocycles. The van der Waals surface area contributed by atoms with E-state index in [2.05, 4.69) is 0 Å². The maximum atomic E-state index is 13.2. The lowest BCUT2D eigenvalue weighted by molar-refractivity contribution is -0.281. The standard InChI is InChI=1S/C12H12ClF3O/c1-17-11(12(14,15)16)6-2-3-8-7-9(13)4-5-10(8)11/h4-5,7H,2-3,6H2,1H3. The topological polar surface area (TPSA) is 9.23 Å². The quantitative estimate of drug-likeness (QED) is 0.743. The Morgan fingerprint density at radius 1 is 1.35 bits per heavy atom. The van der Waals surface area contributed by atoms with Gasteiger partial charge < -0.3 is 4.74 Å². The van der Waals surface area contributed by atoms with Crippen LogP contribution < -0.4 is 0 Å². The third-order valence-electron chi connectivity index (χ3n) is 3.28. The van der Waals surface area contributed by atoms with Crippen molar-refractivity contribution in [3.8, 4) is 0 Å². The molecule has 0 N–H and O–H groups in total. The molecule has 1 aromatic rings. The molecule has 0 saturated heterocycles. The average Bonchev–Trinajstić information content (AvgIpc) is 2.26. The van der Waals surface area contributed by atoms with Crippen LogP contribution in [0, 0.1) is 0 Å². The number of alkyl halides is 3. The molecule has 1 aliphatic carbocycles. The summed E-state index contributed by atoms with van der Waals surface area (Å²) < 4.78 is 44.5. The molecule has 1 atom stereocenters. The molecular weight excluding hydrogens is 253 g/mol. The Hall–Kier alpha value is -0.740. The van der Waals surface area contributed by atoms with Crippen molar-refractivity contribution in [3.63, 3.8) is 0 Å². The molecule has 1 aromatic carbocycles. The van der Waals surface area contributed by atoms with E-state index in [1.807, 2.05) is 0 Å².